The smallest absolute Gasteiger partial charge is 0.248 e. The fraction of sp³-hybridized carbons (Fsp3) is 0.125. The largest absolute Gasteiger partial charge is 0.366 e. The Hall–Kier alpha value is -2.90. The molecular formula is C24H21BrN4OS. The second kappa shape index (κ2) is 9.94. The maximum atomic E-state index is 11.3. The van der Waals surface area contributed by atoms with E-state index in [4.69, 9.17) is 5.73 Å². The summed E-state index contributed by atoms with van der Waals surface area (Å²) in [6, 6.07) is 25.9. The zero-order valence-electron chi connectivity index (χ0n) is 16.7. The molecule has 2 N–H and O–H groups in total. The second-order valence-electron chi connectivity index (χ2n) is 7.05. The fourth-order valence-electron chi connectivity index (χ4n) is 3.21. The summed E-state index contributed by atoms with van der Waals surface area (Å²) < 4.78 is 3.21. The maximum absolute atomic E-state index is 11.3. The minimum atomic E-state index is -0.418. The number of rotatable bonds is 8. The van der Waals surface area contributed by atoms with Crippen LogP contribution in [-0.2, 0) is 18.7 Å². The van der Waals surface area contributed by atoms with Crippen LogP contribution in [0.2, 0.25) is 0 Å². The van der Waals surface area contributed by atoms with Crippen LogP contribution in [0.4, 0.5) is 0 Å². The van der Waals surface area contributed by atoms with Gasteiger partial charge in [-0.05, 0) is 41.8 Å². The predicted molar refractivity (Wildman–Crippen MR) is 128 cm³/mol. The van der Waals surface area contributed by atoms with Crippen molar-refractivity contribution in [2.75, 3.05) is 0 Å². The van der Waals surface area contributed by atoms with Crippen LogP contribution >= 0.6 is 27.7 Å². The molecule has 0 bridgehead atoms. The summed E-state index contributed by atoms with van der Waals surface area (Å²) in [6.07, 6.45) is 0.892. The Labute approximate surface area is 193 Å². The van der Waals surface area contributed by atoms with Gasteiger partial charge in [-0.3, -0.25) is 4.79 Å². The maximum Gasteiger partial charge on any atom is 0.248 e. The van der Waals surface area contributed by atoms with Crippen molar-refractivity contribution in [3.8, 4) is 11.4 Å². The molecule has 0 fully saturated rings. The molecule has 4 rings (SSSR count). The lowest BCUT2D eigenvalue weighted by molar-refractivity contribution is 0.100. The highest BCUT2D eigenvalue weighted by atomic mass is 79.9. The van der Waals surface area contributed by atoms with E-state index in [0.29, 0.717) is 5.56 Å². The minimum Gasteiger partial charge on any atom is -0.366 e. The molecule has 0 aliphatic heterocycles. The lowest BCUT2D eigenvalue weighted by Gasteiger charge is -2.11. The van der Waals surface area contributed by atoms with E-state index < -0.39 is 5.91 Å². The van der Waals surface area contributed by atoms with Gasteiger partial charge < -0.3 is 10.3 Å². The van der Waals surface area contributed by atoms with Gasteiger partial charge in [-0.2, -0.15) is 0 Å². The number of amides is 1. The Morgan fingerprint density at radius 1 is 0.903 bits per heavy atom. The number of aromatic nitrogens is 3. The number of carbonyl (C=O) groups is 1. The van der Waals surface area contributed by atoms with Crippen molar-refractivity contribution in [2.24, 2.45) is 5.73 Å². The molecule has 0 unspecified atom stereocenters. The van der Waals surface area contributed by atoms with E-state index in [9.17, 15) is 4.79 Å². The predicted octanol–water partition coefficient (Wildman–Crippen LogP) is 5.34. The van der Waals surface area contributed by atoms with Crippen LogP contribution in [0, 0.1) is 0 Å². The van der Waals surface area contributed by atoms with Crippen LogP contribution in [-0.4, -0.2) is 20.7 Å². The zero-order valence-corrected chi connectivity index (χ0v) is 19.1. The highest BCUT2D eigenvalue weighted by Crippen LogP contribution is 2.28. The molecule has 0 aliphatic carbocycles. The Bertz CT molecular complexity index is 1160. The average molecular weight is 493 g/mol. The van der Waals surface area contributed by atoms with Crippen molar-refractivity contribution in [3.63, 3.8) is 0 Å². The summed E-state index contributed by atoms with van der Waals surface area (Å²) in [5.74, 6) is 1.16. The Balaban J connectivity index is 1.57. The van der Waals surface area contributed by atoms with Crippen molar-refractivity contribution in [1.82, 2.24) is 14.8 Å². The standard InChI is InChI=1S/C24H21BrN4OS/c25-21-12-10-20(11-13-21)23-27-28-24(29(23)15-14-17-4-2-1-3-5-17)31-16-18-6-8-19(9-7-18)22(26)30/h1-13H,14-16H2,(H2,26,30). The first-order valence-electron chi connectivity index (χ1n) is 9.85. The van der Waals surface area contributed by atoms with Crippen LogP contribution in [0.1, 0.15) is 21.5 Å². The third-order valence-electron chi connectivity index (χ3n) is 4.89. The molecule has 3 aromatic carbocycles. The van der Waals surface area contributed by atoms with Gasteiger partial charge in [0.2, 0.25) is 5.91 Å². The summed E-state index contributed by atoms with van der Waals surface area (Å²) in [6.45, 7) is 0.783. The second-order valence-corrected chi connectivity index (χ2v) is 8.91. The third kappa shape index (κ3) is 5.42. The average Bonchev–Trinajstić information content (AvgIpc) is 3.20. The molecule has 0 saturated carbocycles. The molecule has 0 spiro atoms. The number of primary amides is 1. The summed E-state index contributed by atoms with van der Waals surface area (Å²) in [5, 5.41) is 9.84. The first-order valence-corrected chi connectivity index (χ1v) is 11.6. The quantitative estimate of drug-likeness (QED) is 0.336. The molecule has 0 saturated heterocycles. The number of halogens is 1. The van der Waals surface area contributed by atoms with E-state index in [1.807, 2.05) is 42.5 Å². The van der Waals surface area contributed by atoms with Gasteiger partial charge >= 0.3 is 0 Å². The molecule has 7 heteroatoms. The van der Waals surface area contributed by atoms with E-state index in [-0.39, 0.29) is 0 Å². The molecule has 4 aromatic rings. The number of thioether (sulfide) groups is 1. The van der Waals surface area contributed by atoms with Crippen LogP contribution in [0.5, 0.6) is 0 Å². The van der Waals surface area contributed by atoms with Crippen LogP contribution in [0.3, 0.4) is 0 Å². The van der Waals surface area contributed by atoms with Gasteiger partial charge in [0.05, 0.1) is 0 Å². The molecule has 0 atom stereocenters. The number of aryl methyl sites for hydroxylation is 1. The molecule has 1 amide bonds. The van der Waals surface area contributed by atoms with Gasteiger partial charge in [-0.15, -0.1) is 10.2 Å². The van der Waals surface area contributed by atoms with Gasteiger partial charge in [0.25, 0.3) is 0 Å². The van der Waals surface area contributed by atoms with E-state index in [2.05, 4.69) is 55.0 Å². The molecule has 1 heterocycles. The topological polar surface area (TPSA) is 73.8 Å². The van der Waals surface area contributed by atoms with Crippen molar-refractivity contribution < 1.29 is 4.79 Å². The monoisotopic (exact) mass is 492 g/mol. The number of benzene rings is 3. The summed E-state index contributed by atoms with van der Waals surface area (Å²) in [4.78, 5) is 11.3. The molecule has 31 heavy (non-hydrogen) atoms. The van der Waals surface area contributed by atoms with Crippen molar-refractivity contribution >= 4 is 33.6 Å². The number of hydrogen-bond acceptors (Lipinski definition) is 4. The zero-order chi connectivity index (χ0) is 21.6. The fourth-order valence-corrected chi connectivity index (χ4v) is 4.39. The van der Waals surface area contributed by atoms with Gasteiger partial charge in [0.1, 0.15) is 0 Å². The lowest BCUT2D eigenvalue weighted by Crippen LogP contribution is -2.10. The Morgan fingerprint density at radius 2 is 1.61 bits per heavy atom. The van der Waals surface area contributed by atoms with E-state index in [1.54, 1.807) is 23.9 Å². The number of nitrogens with zero attached hydrogens (tertiary/aromatic N) is 3. The van der Waals surface area contributed by atoms with Crippen molar-refractivity contribution in [2.45, 2.75) is 23.9 Å². The summed E-state index contributed by atoms with van der Waals surface area (Å²) in [5.41, 5.74) is 9.24. The number of nitrogens with two attached hydrogens (primary N) is 1. The third-order valence-corrected chi connectivity index (χ3v) is 6.46. The molecule has 0 aliphatic rings. The normalized spacial score (nSPS) is 10.9. The van der Waals surface area contributed by atoms with Crippen LogP contribution in [0.15, 0.2) is 88.5 Å². The van der Waals surface area contributed by atoms with Gasteiger partial charge in [0.15, 0.2) is 11.0 Å². The highest BCUT2D eigenvalue weighted by molar-refractivity contribution is 9.10. The Kier molecular flexibility index (Phi) is 6.84. The van der Waals surface area contributed by atoms with Crippen LogP contribution < -0.4 is 5.73 Å². The molecular weight excluding hydrogens is 472 g/mol. The van der Waals surface area contributed by atoms with Crippen molar-refractivity contribution in [3.05, 3.63) is 100 Å². The number of carbonyl (C=O) groups excluding carboxylic acids is 1. The van der Waals surface area contributed by atoms with Gasteiger partial charge in [-0.25, -0.2) is 0 Å². The molecule has 156 valence electrons. The van der Waals surface area contributed by atoms with Gasteiger partial charge in [0, 0.05) is 27.9 Å². The first-order chi connectivity index (χ1) is 15.1. The minimum absolute atomic E-state index is 0.418. The summed E-state index contributed by atoms with van der Waals surface area (Å²) >= 11 is 5.12. The van der Waals surface area contributed by atoms with Crippen molar-refractivity contribution in [1.29, 1.82) is 0 Å². The SMILES string of the molecule is NC(=O)c1ccc(CSc2nnc(-c3ccc(Br)cc3)n2CCc2ccccc2)cc1. The van der Waals surface area contributed by atoms with E-state index >= 15 is 0 Å². The van der Waals surface area contributed by atoms with E-state index in [0.717, 1.165) is 45.3 Å². The van der Waals surface area contributed by atoms with Crippen LogP contribution in [0.25, 0.3) is 11.4 Å². The number of hydrogen-bond donors (Lipinski definition) is 1. The summed E-state index contributed by atoms with van der Waals surface area (Å²) in [7, 11) is 0. The molecule has 1 aromatic heterocycles. The highest BCUT2D eigenvalue weighted by Gasteiger charge is 2.15. The molecule has 0 radical (unpaired) electrons. The Morgan fingerprint density at radius 3 is 2.29 bits per heavy atom. The van der Waals surface area contributed by atoms with Gasteiger partial charge in [-0.1, -0.05) is 82.3 Å². The molecule has 5 nitrogen and oxygen atoms in total. The van der Waals surface area contributed by atoms with E-state index in [1.165, 1.54) is 5.56 Å². The first kappa shape index (κ1) is 21.3. The lowest BCUT2D eigenvalue weighted by atomic mass is 10.1.